The van der Waals surface area contributed by atoms with Crippen LogP contribution in [0.2, 0.25) is 0 Å². The van der Waals surface area contributed by atoms with E-state index in [9.17, 15) is 9.50 Å². The second-order valence-electron chi connectivity index (χ2n) is 6.10. The van der Waals surface area contributed by atoms with Crippen molar-refractivity contribution in [3.63, 3.8) is 0 Å². The normalized spacial score (nSPS) is 17.3. The highest BCUT2D eigenvalue weighted by Gasteiger charge is 2.25. The lowest BCUT2D eigenvalue weighted by Crippen LogP contribution is -2.33. The van der Waals surface area contributed by atoms with E-state index in [0.717, 1.165) is 49.4 Å². The molecule has 1 aromatic carbocycles. The summed E-state index contributed by atoms with van der Waals surface area (Å²) in [6.07, 6.45) is 3.89. The minimum atomic E-state index is -0.273. The molecule has 0 saturated carbocycles. The van der Waals surface area contributed by atoms with Crippen molar-refractivity contribution < 1.29 is 9.50 Å². The number of hydrogen-bond donors (Lipinski definition) is 2. The first-order valence-corrected chi connectivity index (χ1v) is 8.47. The number of hydrogen-bond acceptors (Lipinski definition) is 5. The van der Waals surface area contributed by atoms with Gasteiger partial charge in [0.15, 0.2) is 0 Å². The van der Waals surface area contributed by atoms with Crippen LogP contribution in [0.4, 0.5) is 21.8 Å². The molecule has 2 heterocycles. The van der Waals surface area contributed by atoms with Crippen molar-refractivity contribution in [2.75, 3.05) is 23.4 Å². The second kappa shape index (κ2) is 7.57. The topological polar surface area (TPSA) is 61.3 Å². The highest BCUT2D eigenvalue weighted by atomic mass is 19.1. The molecule has 0 bridgehead atoms. The number of halogens is 1. The predicted octanol–water partition coefficient (Wildman–Crippen LogP) is 3.27. The highest BCUT2D eigenvalue weighted by Crippen LogP contribution is 2.26. The summed E-state index contributed by atoms with van der Waals surface area (Å²) in [6, 6.07) is 8.26. The van der Waals surface area contributed by atoms with Crippen LogP contribution < -0.4 is 10.2 Å². The van der Waals surface area contributed by atoms with Crippen molar-refractivity contribution in [3.05, 3.63) is 41.8 Å². The molecule has 2 aromatic rings. The lowest BCUT2D eigenvalue weighted by molar-refractivity contribution is 0.266. The molecule has 5 nitrogen and oxygen atoms in total. The third-order valence-corrected chi connectivity index (χ3v) is 4.25. The summed E-state index contributed by atoms with van der Waals surface area (Å²) in [5.74, 6) is 1.07. The average Bonchev–Trinajstić information content (AvgIpc) is 3.06. The SMILES string of the molecule is CCCc1cc(N2CCC[C@H]2CO)nc(Nc2ccc(F)cc2)n1. The Hall–Kier alpha value is -2.21. The van der Waals surface area contributed by atoms with E-state index >= 15 is 0 Å². The highest BCUT2D eigenvalue weighted by molar-refractivity contribution is 5.56. The van der Waals surface area contributed by atoms with E-state index in [2.05, 4.69) is 27.1 Å². The first-order valence-electron chi connectivity index (χ1n) is 8.47. The molecule has 3 rings (SSSR count). The van der Waals surface area contributed by atoms with Crippen LogP contribution in [0, 0.1) is 5.82 Å². The fourth-order valence-corrected chi connectivity index (χ4v) is 3.06. The second-order valence-corrected chi connectivity index (χ2v) is 6.10. The van der Waals surface area contributed by atoms with Crippen LogP contribution in [0.5, 0.6) is 0 Å². The molecule has 1 saturated heterocycles. The van der Waals surface area contributed by atoms with E-state index in [1.165, 1.54) is 12.1 Å². The molecular formula is C18H23FN4O. The zero-order valence-electron chi connectivity index (χ0n) is 13.9. The van der Waals surface area contributed by atoms with Gasteiger partial charge in [-0.05, 0) is 43.5 Å². The van der Waals surface area contributed by atoms with Crippen molar-refractivity contribution >= 4 is 17.5 Å². The number of aryl methyl sites for hydroxylation is 1. The smallest absolute Gasteiger partial charge is 0.229 e. The van der Waals surface area contributed by atoms with Crippen LogP contribution in [0.3, 0.4) is 0 Å². The van der Waals surface area contributed by atoms with E-state index in [1.807, 2.05) is 6.07 Å². The Balaban J connectivity index is 1.89. The summed E-state index contributed by atoms with van der Waals surface area (Å²) in [7, 11) is 0. The Morgan fingerprint density at radius 3 is 2.79 bits per heavy atom. The molecule has 0 amide bonds. The molecule has 1 aromatic heterocycles. The quantitative estimate of drug-likeness (QED) is 0.851. The number of aliphatic hydroxyl groups excluding tert-OH is 1. The van der Waals surface area contributed by atoms with Crippen LogP contribution >= 0.6 is 0 Å². The minimum Gasteiger partial charge on any atom is -0.394 e. The molecule has 0 aliphatic carbocycles. The van der Waals surface area contributed by atoms with Crippen LogP contribution in [0.1, 0.15) is 31.9 Å². The Kier molecular flexibility index (Phi) is 5.25. The summed E-state index contributed by atoms with van der Waals surface area (Å²) < 4.78 is 13.1. The first-order chi connectivity index (χ1) is 11.7. The van der Waals surface area contributed by atoms with E-state index in [-0.39, 0.29) is 18.5 Å². The molecule has 1 aliphatic heterocycles. The Bertz CT molecular complexity index is 677. The van der Waals surface area contributed by atoms with Gasteiger partial charge in [-0.3, -0.25) is 0 Å². The maximum absolute atomic E-state index is 13.1. The van der Waals surface area contributed by atoms with Gasteiger partial charge in [0.25, 0.3) is 0 Å². The summed E-state index contributed by atoms with van der Waals surface area (Å²) in [4.78, 5) is 11.3. The van der Waals surface area contributed by atoms with Crippen molar-refractivity contribution in [1.82, 2.24) is 9.97 Å². The molecule has 24 heavy (non-hydrogen) atoms. The first kappa shape index (κ1) is 16.6. The monoisotopic (exact) mass is 330 g/mol. The van der Waals surface area contributed by atoms with Gasteiger partial charge in [0.2, 0.25) is 5.95 Å². The van der Waals surface area contributed by atoms with Gasteiger partial charge in [0.1, 0.15) is 11.6 Å². The molecule has 1 atom stereocenters. The molecule has 128 valence electrons. The average molecular weight is 330 g/mol. The number of aromatic nitrogens is 2. The molecule has 1 aliphatic rings. The molecular weight excluding hydrogens is 307 g/mol. The summed E-state index contributed by atoms with van der Waals surface area (Å²) >= 11 is 0. The molecule has 1 fully saturated rings. The van der Waals surface area contributed by atoms with Crippen LogP contribution in [-0.2, 0) is 6.42 Å². The number of anilines is 3. The van der Waals surface area contributed by atoms with Crippen molar-refractivity contribution in [1.29, 1.82) is 0 Å². The summed E-state index contributed by atoms with van der Waals surface area (Å²) in [6.45, 7) is 3.14. The van der Waals surface area contributed by atoms with E-state index in [0.29, 0.717) is 5.95 Å². The standard InChI is InChI=1S/C18H23FN4O/c1-2-4-15-11-17(23-10-3-5-16(23)12-24)22-18(21-15)20-14-8-6-13(19)7-9-14/h6-9,11,16,24H,2-5,10,12H2,1H3,(H,20,21,22)/t16-/m0/s1. The maximum Gasteiger partial charge on any atom is 0.229 e. The van der Waals surface area contributed by atoms with Gasteiger partial charge < -0.3 is 15.3 Å². The molecule has 2 N–H and O–H groups in total. The zero-order chi connectivity index (χ0) is 16.9. The van der Waals surface area contributed by atoms with Gasteiger partial charge in [-0.15, -0.1) is 0 Å². The molecule has 0 radical (unpaired) electrons. The Labute approximate surface area is 141 Å². The van der Waals surface area contributed by atoms with Crippen molar-refractivity contribution in [3.8, 4) is 0 Å². The Morgan fingerprint density at radius 2 is 2.08 bits per heavy atom. The number of rotatable bonds is 6. The van der Waals surface area contributed by atoms with E-state index in [4.69, 9.17) is 0 Å². The number of benzene rings is 1. The minimum absolute atomic E-state index is 0.119. The van der Waals surface area contributed by atoms with Gasteiger partial charge in [-0.2, -0.15) is 4.98 Å². The van der Waals surface area contributed by atoms with Crippen molar-refractivity contribution in [2.24, 2.45) is 0 Å². The van der Waals surface area contributed by atoms with Crippen molar-refractivity contribution in [2.45, 2.75) is 38.6 Å². The van der Waals surface area contributed by atoms with E-state index < -0.39 is 0 Å². The van der Waals surface area contributed by atoms with Crippen LogP contribution in [-0.4, -0.2) is 34.3 Å². The summed E-state index contributed by atoms with van der Waals surface area (Å²) in [5, 5.41) is 12.7. The fraction of sp³-hybridized carbons (Fsp3) is 0.444. The number of aliphatic hydroxyl groups is 1. The molecule has 6 heteroatoms. The van der Waals surface area contributed by atoms with Gasteiger partial charge in [0.05, 0.1) is 12.6 Å². The third-order valence-electron chi connectivity index (χ3n) is 4.25. The van der Waals surface area contributed by atoms with Gasteiger partial charge in [-0.1, -0.05) is 13.3 Å². The molecule has 0 spiro atoms. The molecule has 0 unspecified atom stereocenters. The number of nitrogens with zero attached hydrogens (tertiary/aromatic N) is 3. The van der Waals surface area contributed by atoms with Gasteiger partial charge in [-0.25, -0.2) is 9.37 Å². The maximum atomic E-state index is 13.1. The predicted molar refractivity (Wildman–Crippen MR) is 93.2 cm³/mol. The zero-order valence-corrected chi connectivity index (χ0v) is 13.9. The third kappa shape index (κ3) is 3.82. The van der Waals surface area contributed by atoms with Gasteiger partial charge >= 0.3 is 0 Å². The summed E-state index contributed by atoms with van der Waals surface area (Å²) in [5.41, 5.74) is 1.71. The largest absolute Gasteiger partial charge is 0.394 e. The lowest BCUT2D eigenvalue weighted by Gasteiger charge is -2.25. The number of nitrogens with one attached hydrogen (secondary N) is 1. The fourth-order valence-electron chi connectivity index (χ4n) is 3.06. The van der Waals surface area contributed by atoms with E-state index in [1.54, 1.807) is 12.1 Å². The van der Waals surface area contributed by atoms with Crippen LogP contribution in [0.25, 0.3) is 0 Å². The lowest BCUT2D eigenvalue weighted by atomic mass is 10.2. The van der Waals surface area contributed by atoms with Gasteiger partial charge in [0, 0.05) is 24.0 Å². The van der Waals surface area contributed by atoms with Crippen LogP contribution in [0.15, 0.2) is 30.3 Å². The Morgan fingerprint density at radius 1 is 1.29 bits per heavy atom.